The highest BCUT2D eigenvalue weighted by Gasteiger charge is 2.28. The molecule has 1 aromatic heterocycles. The predicted octanol–water partition coefficient (Wildman–Crippen LogP) is 2.90. The highest BCUT2D eigenvalue weighted by Crippen LogP contribution is 2.40. The maximum absolute atomic E-state index is 13.7. The van der Waals surface area contributed by atoms with Crippen molar-refractivity contribution in [3.8, 4) is 0 Å². The quantitative estimate of drug-likeness (QED) is 0.909. The molecule has 1 atom stereocenters. The van der Waals surface area contributed by atoms with Crippen LogP contribution >= 0.6 is 0 Å². The Balaban J connectivity index is 1.47. The van der Waals surface area contributed by atoms with Gasteiger partial charge in [-0.3, -0.25) is 0 Å². The van der Waals surface area contributed by atoms with E-state index in [1.54, 1.807) is 0 Å². The van der Waals surface area contributed by atoms with Crippen molar-refractivity contribution < 1.29 is 9.13 Å². The SMILES string of the molecule is Fc1cnc(Nc2ccc([C@@H]3CNCCO3)cc2)nc1C1CC1. The maximum atomic E-state index is 13.7. The molecule has 1 aliphatic heterocycles. The Morgan fingerprint density at radius 1 is 1.22 bits per heavy atom. The second kappa shape index (κ2) is 6.22. The van der Waals surface area contributed by atoms with Crippen molar-refractivity contribution in [2.75, 3.05) is 25.0 Å². The van der Waals surface area contributed by atoms with Gasteiger partial charge in [-0.05, 0) is 30.5 Å². The highest BCUT2D eigenvalue weighted by molar-refractivity contribution is 5.54. The molecular weight excluding hydrogens is 295 g/mol. The van der Waals surface area contributed by atoms with Crippen LogP contribution in [-0.2, 0) is 4.74 Å². The van der Waals surface area contributed by atoms with E-state index >= 15 is 0 Å². The molecule has 23 heavy (non-hydrogen) atoms. The first kappa shape index (κ1) is 14.5. The van der Waals surface area contributed by atoms with E-state index in [9.17, 15) is 4.39 Å². The largest absolute Gasteiger partial charge is 0.371 e. The molecule has 4 rings (SSSR count). The van der Waals surface area contributed by atoms with Crippen LogP contribution in [0.5, 0.6) is 0 Å². The minimum atomic E-state index is -0.310. The molecule has 1 saturated heterocycles. The monoisotopic (exact) mass is 314 g/mol. The van der Waals surface area contributed by atoms with Gasteiger partial charge in [-0.1, -0.05) is 12.1 Å². The minimum Gasteiger partial charge on any atom is -0.371 e. The van der Waals surface area contributed by atoms with Crippen LogP contribution in [0.15, 0.2) is 30.5 Å². The second-order valence-corrected chi connectivity index (χ2v) is 6.01. The van der Waals surface area contributed by atoms with Crippen LogP contribution < -0.4 is 10.6 Å². The second-order valence-electron chi connectivity index (χ2n) is 6.01. The summed E-state index contributed by atoms with van der Waals surface area (Å²) in [7, 11) is 0. The molecule has 2 aromatic rings. The van der Waals surface area contributed by atoms with Gasteiger partial charge in [0.25, 0.3) is 0 Å². The van der Waals surface area contributed by atoms with E-state index in [1.807, 2.05) is 24.3 Å². The summed E-state index contributed by atoms with van der Waals surface area (Å²) >= 11 is 0. The summed E-state index contributed by atoms with van der Waals surface area (Å²) in [6.07, 6.45) is 3.37. The summed E-state index contributed by atoms with van der Waals surface area (Å²) in [6.45, 7) is 2.47. The molecule has 0 amide bonds. The van der Waals surface area contributed by atoms with Crippen molar-refractivity contribution in [2.45, 2.75) is 24.9 Å². The zero-order valence-corrected chi connectivity index (χ0v) is 12.8. The summed E-state index contributed by atoms with van der Waals surface area (Å²) < 4.78 is 19.4. The normalized spacial score (nSPS) is 21.2. The van der Waals surface area contributed by atoms with Crippen molar-refractivity contribution >= 4 is 11.6 Å². The highest BCUT2D eigenvalue weighted by atomic mass is 19.1. The third-order valence-electron chi connectivity index (χ3n) is 4.20. The van der Waals surface area contributed by atoms with Crippen molar-refractivity contribution in [2.24, 2.45) is 0 Å². The van der Waals surface area contributed by atoms with Gasteiger partial charge in [0.1, 0.15) is 0 Å². The molecule has 2 heterocycles. The lowest BCUT2D eigenvalue weighted by Gasteiger charge is -2.24. The predicted molar refractivity (Wildman–Crippen MR) is 85.3 cm³/mol. The lowest BCUT2D eigenvalue weighted by molar-refractivity contribution is 0.0277. The first-order valence-corrected chi connectivity index (χ1v) is 8.01. The molecular formula is C17H19FN4O. The molecule has 5 nitrogen and oxygen atoms in total. The van der Waals surface area contributed by atoms with E-state index in [-0.39, 0.29) is 17.8 Å². The number of ether oxygens (including phenoxy) is 1. The van der Waals surface area contributed by atoms with Gasteiger partial charge >= 0.3 is 0 Å². The Bertz CT molecular complexity index is 681. The number of hydrogen-bond donors (Lipinski definition) is 2. The Morgan fingerprint density at radius 2 is 2.04 bits per heavy atom. The zero-order chi connectivity index (χ0) is 15.6. The number of aromatic nitrogens is 2. The fourth-order valence-corrected chi connectivity index (χ4v) is 2.77. The number of hydrogen-bond acceptors (Lipinski definition) is 5. The van der Waals surface area contributed by atoms with Gasteiger partial charge in [0.05, 0.1) is 24.6 Å². The molecule has 2 aliphatic rings. The van der Waals surface area contributed by atoms with Crippen LogP contribution in [0.25, 0.3) is 0 Å². The number of anilines is 2. The first-order chi connectivity index (χ1) is 11.3. The van der Waals surface area contributed by atoms with Crippen LogP contribution in [0.4, 0.5) is 16.0 Å². The van der Waals surface area contributed by atoms with Crippen molar-refractivity contribution in [3.05, 3.63) is 47.5 Å². The van der Waals surface area contributed by atoms with Crippen molar-refractivity contribution in [1.29, 1.82) is 0 Å². The molecule has 6 heteroatoms. The van der Waals surface area contributed by atoms with E-state index in [0.29, 0.717) is 11.6 Å². The van der Waals surface area contributed by atoms with Crippen LogP contribution in [0.1, 0.15) is 36.1 Å². The topological polar surface area (TPSA) is 59.1 Å². The van der Waals surface area contributed by atoms with E-state index in [0.717, 1.165) is 43.8 Å². The molecule has 0 radical (unpaired) electrons. The summed E-state index contributed by atoms with van der Waals surface area (Å²) in [5.74, 6) is 0.392. The number of nitrogens with zero attached hydrogens (tertiary/aromatic N) is 2. The fraction of sp³-hybridized carbons (Fsp3) is 0.412. The third-order valence-corrected chi connectivity index (χ3v) is 4.20. The summed E-state index contributed by atoms with van der Waals surface area (Å²) in [6, 6.07) is 8.00. The number of rotatable bonds is 4. The summed E-state index contributed by atoms with van der Waals surface area (Å²) in [5.41, 5.74) is 2.55. The standard InChI is InChI=1S/C17H19FN4O/c18-14-9-20-17(22-16(14)12-1-2-12)21-13-5-3-11(4-6-13)15-10-19-7-8-23-15/h3-6,9,12,15,19H,1-2,7-8,10H2,(H,20,21,22)/t15-/m0/s1. The molecule has 0 unspecified atom stereocenters. The van der Waals surface area contributed by atoms with E-state index in [1.165, 1.54) is 6.20 Å². The molecule has 2 fully saturated rings. The van der Waals surface area contributed by atoms with Gasteiger partial charge in [0, 0.05) is 24.7 Å². The molecule has 2 N–H and O–H groups in total. The van der Waals surface area contributed by atoms with Crippen LogP contribution in [-0.4, -0.2) is 29.7 Å². The van der Waals surface area contributed by atoms with Crippen LogP contribution in [0, 0.1) is 5.82 Å². The number of nitrogens with one attached hydrogen (secondary N) is 2. The van der Waals surface area contributed by atoms with Gasteiger partial charge in [-0.15, -0.1) is 0 Å². The first-order valence-electron chi connectivity index (χ1n) is 8.01. The Kier molecular flexibility index (Phi) is 3.93. The average molecular weight is 314 g/mol. The molecule has 1 aliphatic carbocycles. The van der Waals surface area contributed by atoms with Crippen molar-refractivity contribution in [1.82, 2.24) is 15.3 Å². The van der Waals surface area contributed by atoms with E-state index in [2.05, 4.69) is 20.6 Å². The Labute approximate surface area is 134 Å². The van der Waals surface area contributed by atoms with Gasteiger partial charge in [0.2, 0.25) is 5.95 Å². The zero-order valence-electron chi connectivity index (χ0n) is 12.8. The number of benzene rings is 1. The van der Waals surface area contributed by atoms with Crippen molar-refractivity contribution in [3.63, 3.8) is 0 Å². The number of morpholine rings is 1. The van der Waals surface area contributed by atoms with Gasteiger partial charge in [0.15, 0.2) is 5.82 Å². The minimum absolute atomic E-state index is 0.0985. The van der Waals surface area contributed by atoms with Gasteiger partial charge in [-0.2, -0.15) is 0 Å². The van der Waals surface area contributed by atoms with E-state index < -0.39 is 0 Å². The van der Waals surface area contributed by atoms with Gasteiger partial charge in [-0.25, -0.2) is 14.4 Å². The average Bonchev–Trinajstić information content (AvgIpc) is 3.43. The lowest BCUT2D eigenvalue weighted by Crippen LogP contribution is -2.33. The smallest absolute Gasteiger partial charge is 0.227 e. The Hall–Kier alpha value is -2.05. The molecule has 1 aromatic carbocycles. The summed E-state index contributed by atoms with van der Waals surface area (Å²) in [4.78, 5) is 8.33. The van der Waals surface area contributed by atoms with E-state index in [4.69, 9.17) is 4.74 Å². The molecule has 0 bridgehead atoms. The molecule has 120 valence electrons. The Morgan fingerprint density at radius 3 is 2.74 bits per heavy atom. The van der Waals surface area contributed by atoms with Gasteiger partial charge < -0.3 is 15.4 Å². The molecule has 0 spiro atoms. The van der Waals surface area contributed by atoms with Crippen LogP contribution in [0.3, 0.4) is 0 Å². The third kappa shape index (κ3) is 3.33. The summed E-state index contributed by atoms with van der Waals surface area (Å²) in [5, 5.41) is 6.46. The number of halogens is 1. The lowest BCUT2D eigenvalue weighted by atomic mass is 10.1. The molecule has 1 saturated carbocycles. The van der Waals surface area contributed by atoms with Crippen LogP contribution in [0.2, 0.25) is 0 Å². The fourth-order valence-electron chi connectivity index (χ4n) is 2.77. The maximum Gasteiger partial charge on any atom is 0.227 e.